The Hall–Kier alpha value is -2.06. The number of nitriles is 1. The fraction of sp³-hybridized carbons (Fsp3) is 0.385. The summed E-state index contributed by atoms with van der Waals surface area (Å²) in [5.41, 5.74) is 1.30. The standard InChI is InChI=1S/C13H14N2O3/c1-2-11-13(17)15(6-5-14)10-4-3-9(8-16)7-12(10)18-11/h3-4,7,11,16H,2,6,8H2,1H3. The lowest BCUT2D eigenvalue weighted by Gasteiger charge is -2.32. The third-order valence-corrected chi connectivity index (χ3v) is 2.91. The molecule has 18 heavy (non-hydrogen) atoms. The first-order valence-corrected chi connectivity index (χ1v) is 5.80. The average Bonchev–Trinajstić information content (AvgIpc) is 2.41. The highest BCUT2D eigenvalue weighted by molar-refractivity contribution is 6.00. The number of amides is 1. The van der Waals surface area contributed by atoms with Gasteiger partial charge in [0.2, 0.25) is 0 Å². The molecule has 1 amide bonds. The average molecular weight is 246 g/mol. The van der Waals surface area contributed by atoms with Gasteiger partial charge in [-0.1, -0.05) is 13.0 Å². The molecule has 5 heteroatoms. The topological polar surface area (TPSA) is 73.6 Å². The molecular formula is C13H14N2O3. The molecular weight excluding hydrogens is 232 g/mol. The van der Waals surface area contributed by atoms with Gasteiger partial charge in [-0.2, -0.15) is 5.26 Å². The fourth-order valence-electron chi connectivity index (χ4n) is 1.96. The van der Waals surface area contributed by atoms with E-state index in [2.05, 4.69) is 0 Å². The van der Waals surface area contributed by atoms with E-state index in [1.165, 1.54) is 4.90 Å². The second-order valence-corrected chi connectivity index (χ2v) is 4.06. The molecule has 1 aromatic rings. The maximum absolute atomic E-state index is 12.1. The Kier molecular flexibility index (Phi) is 3.49. The quantitative estimate of drug-likeness (QED) is 0.813. The number of carbonyl (C=O) groups is 1. The van der Waals surface area contributed by atoms with Crippen LogP contribution in [0.15, 0.2) is 18.2 Å². The first-order chi connectivity index (χ1) is 8.71. The molecule has 1 N–H and O–H groups in total. The van der Waals surface area contributed by atoms with Gasteiger partial charge in [0.25, 0.3) is 5.91 Å². The summed E-state index contributed by atoms with van der Waals surface area (Å²) in [6, 6.07) is 7.10. The number of nitrogens with zero attached hydrogens (tertiary/aromatic N) is 2. The Balaban J connectivity index is 2.45. The molecule has 2 rings (SSSR count). The molecule has 0 aliphatic carbocycles. The highest BCUT2D eigenvalue weighted by atomic mass is 16.5. The molecule has 0 bridgehead atoms. The van der Waals surface area contributed by atoms with Crippen molar-refractivity contribution < 1.29 is 14.6 Å². The number of hydrogen-bond acceptors (Lipinski definition) is 4. The summed E-state index contributed by atoms with van der Waals surface area (Å²) in [6.45, 7) is 1.78. The number of ether oxygens (including phenoxy) is 1. The van der Waals surface area contributed by atoms with Gasteiger partial charge in [-0.05, 0) is 24.1 Å². The van der Waals surface area contributed by atoms with Crippen LogP contribution in [0, 0.1) is 11.3 Å². The van der Waals surface area contributed by atoms with Crippen LogP contribution in [0.25, 0.3) is 0 Å². The summed E-state index contributed by atoms with van der Waals surface area (Å²) in [5, 5.41) is 17.9. The molecule has 1 atom stereocenters. The molecule has 1 aliphatic heterocycles. The Bertz CT molecular complexity index is 507. The van der Waals surface area contributed by atoms with Crippen LogP contribution in [0.1, 0.15) is 18.9 Å². The van der Waals surface area contributed by atoms with Crippen LogP contribution in [0.5, 0.6) is 5.75 Å². The number of aliphatic hydroxyl groups excluding tert-OH is 1. The van der Waals surface area contributed by atoms with Gasteiger partial charge in [0.15, 0.2) is 6.10 Å². The zero-order valence-electron chi connectivity index (χ0n) is 10.1. The Morgan fingerprint density at radius 2 is 2.33 bits per heavy atom. The number of benzene rings is 1. The van der Waals surface area contributed by atoms with Gasteiger partial charge in [-0.3, -0.25) is 9.69 Å². The van der Waals surface area contributed by atoms with Crippen molar-refractivity contribution in [1.82, 2.24) is 0 Å². The summed E-state index contributed by atoms with van der Waals surface area (Å²) >= 11 is 0. The van der Waals surface area contributed by atoms with Crippen molar-refractivity contribution in [3.05, 3.63) is 23.8 Å². The number of anilines is 1. The van der Waals surface area contributed by atoms with Gasteiger partial charge in [0.05, 0.1) is 18.4 Å². The molecule has 94 valence electrons. The van der Waals surface area contributed by atoms with Gasteiger partial charge in [-0.25, -0.2) is 0 Å². The number of rotatable bonds is 3. The minimum absolute atomic E-state index is 0.00413. The summed E-state index contributed by atoms with van der Waals surface area (Å²) in [4.78, 5) is 13.5. The lowest BCUT2D eigenvalue weighted by Crippen LogP contribution is -2.45. The molecule has 1 unspecified atom stereocenters. The Morgan fingerprint density at radius 3 is 2.94 bits per heavy atom. The third kappa shape index (κ3) is 2.03. The zero-order valence-corrected chi connectivity index (χ0v) is 10.1. The van der Waals surface area contributed by atoms with Crippen LogP contribution in [0.3, 0.4) is 0 Å². The van der Waals surface area contributed by atoms with E-state index in [9.17, 15) is 4.79 Å². The summed E-state index contributed by atoms with van der Waals surface area (Å²) < 4.78 is 5.60. The molecule has 0 radical (unpaired) electrons. The first-order valence-electron chi connectivity index (χ1n) is 5.80. The summed E-state index contributed by atoms with van der Waals surface area (Å²) in [6.07, 6.45) is -0.0106. The Morgan fingerprint density at radius 1 is 1.56 bits per heavy atom. The lowest BCUT2D eigenvalue weighted by atomic mass is 10.1. The third-order valence-electron chi connectivity index (χ3n) is 2.91. The van der Waals surface area contributed by atoms with Crippen LogP contribution in [-0.4, -0.2) is 23.7 Å². The van der Waals surface area contributed by atoms with Gasteiger partial charge in [-0.15, -0.1) is 0 Å². The summed E-state index contributed by atoms with van der Waals surface area (Å²) in [5.74, 6) is 0.353. The van der Waals surface area contributed by atoms with Gasteiger partial charge in [0, 0.05) is 0 Å². The van der Waals surface area contributed by atoms with Crippen molar-refractivity contribution >= 4 is 11.6 Å². The van der Waals surface area contributed by atoms with E-state index >= 15 is 0 Å². The molecule has 0 saturated heterocycles. The maximum Gasteiger partial charge on any atom is 0.269 e. The molecule has 0 aromatic heterocycles. The van der Waals surface area contributed by atoms with Gasteiger partial charge in [0.1, 0.15) is 12.3 Å². The molecule has 5 nitrogen and oxygen atoms in total. The van der Waals surface area contributed by atoms with Crippen molar-refractivity contribution in [1.29, 1.82) is 5.26 Å². The van der Waals surface area contributed by atoms with Crippen LogP contribution in [0.2, 0.25) is 0 Å². The maximum atomic E-state index is 12.1. The van der Waals surface area contributed by atoms with E-state index in [0.29, 0.717) is 17.9 Å². The zero-order chi connectivity index (χ0) is 13.1. The van der Waals surface area contributed by atoms with E-state index in [1.54, 1.807) is 18.2 Å². The van der Waals surface area contributed by atoms with Crippen LogP contribution < -0.4 is 9.64 Å². The lowest BCUT2D eigenvalue weighted by molar-refractivity contribution is -0.126. The number of carbonyl (C=O) groups excluding carboxylic acids is 1. The SMILES string of the molecule is CCC1Oc2cc(CO)ccc2N(CC#N)C1=O. The number of hydrogen-bond donors (Lipinski definition) is 1. The predicted molar refractivity (Wildman–Crippen MR) is 65.0 cm³/mol. The fourth-order valence-corrected chi connectivity index (χ4v) is 1.96. The monoisotopic (exact) mass is 246 g/mol. The second kappa shape index (κ2) is 5.07. The smallest absolute Gasteiger partial charge is 0.269 e. The highest BCUT2D eigenvalue weighted by Crippen LogP contribution is 2.35. The number of aliphatic hydroxyl groups is 1. The van der Waals surface area contributed by atoms with Crippen molar-refractivity contribution in [2.24, 2.45) is 0 Å². The van der Waals surface area contributed by atoms with Crippen molar-refractivity contribution in [2.45, 2.75) is 26.1 Å². The van der Waals surface area contributed by atoms with E-state index in [1.807, 2.05) is 13.0 Å². The minimum Gasteiger partial charge on any atom is -0.478 e. The van der Waals surface area contributed by atoms with E-state index in [0.717, 1.165) is 5.56 Å². The van der Waals surface area contributed by atoms with Crippen LogP contribution in [-0.2, 0) is 11.4 Å². The number of fused-ring (bicyclic) bond motifs is 1. The van der Waals surface area contributed by atoms with E-state index < -0.39 is 6.10 Å². The molecule has 1 heterocycles. The molecule has 0 fully saturated rings. The normalized spacial score (nSPS) is 17.9. The van der Waals surface area contributed by atoms with Gasteiger partial charge < -0.3 is 9.84 Å². The first kappa shape index (κ1) is 12.4. The highest BCUT2D eigenvalue weighted by Gasteiger charge is 2.33. The molecule has 0 spiro atoms. The van der Waals surface area contributed by atoms with Crippen LogP contribution in [0.4, 0.5) is 5.69 Å². The predicted octanol–water partition coefficient (Wildman–Crippen LogP) is 1.21. The molecule has 1 aromatic carbocycles. The summed E-state index contributed by atoms with van der Waals surface area (Å²) in [7, 11) is 0. The van der Waals surface area contributed by atoms with Crippen molar-refractivity contribution in [3.8, 4) is 11.8 Å². The van der Waals surface area contributed by atoms with Crippen molar-refractivity contribution in [2.75, 3.05) is 11.4 Å². The largest absolute Gasteiger partial charge is 0.478 e. The van der Waals surface area contributed by atoms with Crippen LogP contribution >= 0.6 is 0 Å². The van der Waals surface area contributed by atoms with E-state index in [4.69, 9.17) is 15.1 Å². The Labute approximate surface area is 105 Å². The molecule has 0 saturated carbocycles. The van der Waals surface area contributed by atoms with Crippen molar-refractivity contribution in [3.63, 3.8) is 0 Å². The minimum atomic E-state index is -0.556. The second-order valence-electron chi connectivity index (χ2n) is 4.06. The molecule has 1 aliphatic rings. The van der Waals surface area contributed by atoms with Gasteiger partial charge >= 0.3 is 0 Å². The van der Waals surface area contributed by atoms with E-state index in [-0.39, 0.29) is 19.1 Å².